The van der Waals surface area contributed by atoms with Gasteiger partial charge in [-0.05, 0) is 41.8 Å². The van der Waals surface area contributed by atoms with Gasteiger partial charge in [-0.1, -0.05) is 18.2 Å². The minimum atomic E-state index is -4.40. The summed E-state index contributed by atoms with van der Waals surface area (Å²) >= 11 is 0. The van der Waals surface area contributed by atoms with Crippen molar-refractivity contribution in [2.45, 2.75) is 4.90 Å². The molecular weight excluding hydrogens is 360 g/mol. The van der Waals surface area contributed by atoms with Gasteiger partial charge < -0.3 is 10.2 Å². The third-order valence-electron chi connectivity index (χ3n) is 3.60. The van der Waals surface area contributed by atoms with E-state index in [9.17, 15) is 22.9 Å². The Morgan fingerprint density at radius 1 is 0.923 bits per heavy atom. The van der Waals surface area contributed by atoms with Crippen LogP contribution in [-0.4, -0.2) is 29.2 Å². The van der Waals surface area contributed by atoms with Crippen molar-refractivity contribution in [1.82, 2.24) is 0 Å². The molecule has 0 atom stereocenters. The van der Waals surface area contributed by atoms with Gasteiger partial charge in [-0.3, -0.25) is 4.55 Å². The van der Waals surface area contributed by atoms with Gasteiger partial charge in [0.1, 0.15) is 16.2 Å². The first kappa shape index (κ1) is 17.5. The van der Waals surface area contributed by atoms with Crippen molar-refractivity contribution < 1.29 is 28.0 Å². The van der Waals surface area contributed by atoms with Crippen LogP contribution in [0.5, 0.6) is 5.75 Å². The van der Waals surface area contributed by atoms with Gasteiger partial charge in [0.2, 0.25) is 0 Å². The Kier molecular flexibility index (Phi) is 4.41. The van der Waals surface area contributed by atoms with E-state index >= 15 is 0 Å². The van der Waals surface area contributed by atoms with E-state index in [0.717, 1.165) is 6.07 Å². The Labute approximate surface area is 147 Å². The van der Waals surface area contributed by atoms with Gasteiger partial charge >= 0.3 is 5.97 Å². The van der Waals surface area contributed by atoms with Crippen LogP contribution >= 0.6 is 0 Å². The molecule has 0 aliphatic heterocycles. The monoisotopic (exact) mass is 372 g/mol. The van der Waals surface area contributed by atoms with Crippen molar-refractivity contribution >= 4 is 38.2 Å². The first-order valence-electron chi connectivity index (χ1n) is 7.24. The maximum Gasteiger partial charge on any atom is 0.339 e. The molecule has 0 aliphatic carbocycles. The zero-order chi connectivity index (χ0) is 18.9. The highest BCUT2D eigenvalue weighted by molar-refractivity contribution is 7.86. The summed E-state index contributed by atoms with van der Waals surface area (Å²) in [5.74, 6) is -1.69. The predicted octanol–water partition coefficient (Wildman–Crippen LogP) is 3.91. The van der Waals surface area contributed by atoms with E-state index in [4.69, 9.17) is 5.11 Å². The third kappa shape index (κ3) is 3.53. The van der Waals surface area contributed by atoms with Gasteiger partial charge in [0.25, 0.3) is 10.1 Å². The first-order valence-corrected chi connectivity index (χ1v) is 8.68. The van der Waals surface area contributed by atoms with Crippen LogP contribution in [0.4, 0.5) is 11.4 Å². The maximum absolute atomic E-state index is 11.5. The van der Waals surface area contributed by atoms with Crippen LogP contribution < -0.4 is 0 Å². The van der Waals surface area contributed by atoms with Crippen molar-refractivity contribution in [2.75, 3.05) is 0 Å². The van der Waals surface area contributed by atoms with Gasteiger partial charge in [0, 0.05) is 5.39 Å². The van der Waals surface area contributed by atoms with Gasteiger partial charge in [0.15, 0.2) is 0 Å². The molecule has 8 nitrogen and oxygen atoms in total. The molecule has 0 saturated carbocycles. The molecule has 0 fully saturated rings. The molecule has 0 aliphatic rings. The first-order chi connectivity index (χ1) is 12.3. The second-order valence-electron chi connectivity index (χ2n) is 5.34. The number of hydrogen-bond acceptors (Lipinski definition) is 6. The van der Waals surface area contributed by atoms with Crippen LogP contribution in [0, 0.1) is 0 Å². The number of fused-ring (bicyclic) bond motifs is 1. The molecule has 0 heterocycles. The van der Waals surface area contributed by atoms with E-state index in [1.165, 1.54) is 30.3 Å². The number of carboxylic acid groups (broad SMARTS) is 1. The number of azo groups is 1. The lowest BCUT2D eigenvalue weighted by atomic mass is 10.1. The number of phenols is 1. The van der Waals surface area contributed by atoms with Crippen LogP contribution in [0.1, 0.15) is 10.4 Å². The van der Waals surface area contributed by atoms with Crippen molar-refractivity contribution in [3.8, 4) is 5.75 Å². The van der Waals surface area contributed by atoms with E-state index < -0.39 is 16.1 Å². The lowest BCUT2D eigenvalue weighted by Gasteiger charge is -2.04. The quantitative estimate of drug-likeness (QED) is 0.469. The second-order valence-corrected chi connectivity index (χ2v) is 6.73. The van der Waals surface area contributed by atoms with Crippen LogP contribution in [0.3, 0.4) is 0 Å². The van der Waals surface area contributed by atoms with Crippen LogP contribution in [0.15, 0.2) is 69.7 Å². The normalized spacial score (nSPS) is 11.9. The fraction of sp³-hybridized carbons (Fsp3) is 0. The number of carboxylic acids is 1. The predicted molar refractivity (Wildman–Crippen MR) is 93.0 cm³/mol. The molecule has 9 heteroatoms. The van der Waals surface area contributed by atoms with Crippen LogP contribution in [0.2, 0.25) is 0 Å². The minimum absolute atomic E-state index is 0.198. The Hall–Kier alpha value is -3.30. The molecule has 3 rings (SSSR count). The highest BCUT2D eigenvalue weighted by atomic mass is 32.2. The molecular formula is C17H12N2O6S. The molecule has 0 radical (unpaired) electrons. The average Bonchev–Trinajstić information content (AvgIpc) is 2.59. The molecule has 132 valence electrons. The van der Waals surface area contributed by atoms with Crippen molar-refractivity contribution in [2.24, 2.45) is 10.2 Å². The third-order valence-corrected chi connectivity index (χ3v) is 4.51. The molecule has 0 saturated heterocycles. The molecule has 0 aromatic heterocycles. The summed E-state index contributed by atoms with van der Waals surface area (Å²) in [5.41, 5.74) is 0.190. The fourth-order valence-corrected chi connectivity index (χ4v) is 3.10. The SMILES string of the molecule is O=C(O)c1cc(N=Nc2ccc3cccc(S(=O)(=O)O)c3c2)ccc1O. The topological polar surface area (TPSA) is 137 Å². The number of benzene rings is 3. The van der Waals surface area contributed by atoms with Gasteiger partial charge in [-0.2, -0.15) is 18.6 Å². The summed E-state index contributed by atoms with van der Waals surface area (Å²) in [4.78, 5) is 10.8. The molecule has 3 aromatic rings. The summed E-state index contributed by atoms with van der Waals surface area (Å²) in [6.45, 7) is 0. The Bertz CT molecular complexity index is 1160. The molecule has 3 aromatic carbocycles. The molecule has 26 heavy (non-hydrogen) atoms. The number of carbonyl (C=O) groups is 1. The van der Waals surface area contributed by atoms with E-state index in [0.29, 0.717) is 11.1 Å². The Balaban J connectivity index is 2.03. The maximum atomic E-state index is 11.5. The van der Waals surface area contributed by atoms with Gasteiger partial charge in [-0.25, -0.2) is 4.79 Å². The molecule has 0 unspecified atom stereocenters. The number of nitrogens with zero attached hydrogens (tertiary/aromatic N) is 2. The molecule has 3 N–H and O–H groups in total. The highest BCUT2D eigenvalue weighted by Gasteiger charge is 2.14. The molecule has 0 spiro atoms. The van der Waals surface area contributed by atoms with E-state index in [2.05, 4.69) is 10.2 Å². The fourth-order valence-electron chi connectivity index (χ4n) is 2.39. The van der Waals surface area contributed by atoms with Crippen molar-refractivity contribution in [1.29, 1.82) is 0 Å². The van der Waals surface area contributed by atoms with Gasteiger partial charge in [0.05, 0.1) is 11.4 Å². The van der Waals surface area contributed by atoms with Crippen molar-refractivity contribution in [3.63, 3.8) is 0 Å². The largest absolute Gasteiger partial charge is 0.507 e. The molecule has 0 bridgehead atoms. The number of aromatic carboxylic acids is 1. The average molecular weight is 372 g/mol. The standard InChI is InChI=1S/C17H12N2O6S/c20-15-7-6-12(9-14(15)17(21)22)19-18-11-5-4-10-2-1-3-16(13(10)8-11)26(23,24)25/h1-9,20H,(H,21,22)(H,23,24,25). The number of rotatable bonds is 4. The smallest absolute Gasteiger partial charge is 0.339 e. The zero-order valence-electron chi connectivity index (χ0n) is 13.1. The highest BCUT2D eigenvalue weighted by Crippen LogP contribution is 2.29. The second kappa shape index (κ2) is 6.54. The minimum Gasteiger partial charge on any atom is -0.507 e. The summed E-state index contributed by atoms with van der Waals surface area (Å²) < 4.78 is 32.3. The number of aromatic hydroxyl groups is 1. The summed E-state index contributed by atoms with van der Waals surface area (Å²) in [7, 11) is -4.40. The lowest BCUT2D eigenvalue weighted by molar-refractivity contribution is 0.0693. The van der Waals surface area contributed by atoms with Gasteiger partial charge in [-0.15, -0.1) is 0 Å². The summed E-state index contributed by atoms with van der Waals surface area (Å²) in [5, 5.41) is 27.2. The van der Waals surface area contributed by atoms with E-state index in [1.54, 1.807) is 18.2 Å². The Morgan fingerprint density at radius 2 is 1.58 bits per heavy atom. The van der Waals surface area contributed by atoms with E-state index in [-0.39, 0.29) is 27.3 Å². The summed E-state index contributed by atoms with van der Waals surface area (Å²) in [6.07, 6.45) is 0. The molecule has 0 amide bonds. The van der Waals surface area contributed by atoms with Crippen molar-refractivity contribution in [3.05, 3.63) is 60.2 Å². The summed E-state index contributed by atoms with van der Waals surface area (Å²) in [6, 6.07) is 12.9. The van der Waals surface area contributed by atoms with E-state index in [1.807, 2.05) is 0 Å². The zero-order valence-corrected chi connectivity index (χ0v) is 13.9. The van der Waals surface area contributed by atoms with Crippen LogP contribution in [-0.2, 0) is 10.1 Å². The van der Waals surface area contributed by atoms with Crippen LogP contribution in [0.25, 0.3) is 10.8 Å². The number of hydrogen-bond donors (Lipinski definition) is 3. The lowest BCUT2D eigenvalue weighted by Crippen LogP contribution is -1.98. The Morgan fingerprint density at radius 3 is 2.23 bits per heavy atom.